The number of carbonyl (C=O) groups excluding carboxylic acids is 1. The molecule has 0 heterocycles. The summed E-state index contributed by atoms with van der Waals surface area (Å²) in [7, 11) is 0. The molecule has 26 heavy (non-hydrogen) atoms. The molecule has 0 radical (unpaired) electrons. The van der Waals surface area contributed by atoms with Crippen molar-refractivity contribution in [1.29, 1.82) is 0 Å². The Hall–Kier alpha value is -3.03. The number of halogens is 1. The number of phenols is 2. The zero-order chi connectivity index (χ0) is 18.7. The fourth-order valence-corrected chi connectivity index (χ4v) is 2.65. The smallest absolute Gasteiger partial charge is 0.273 e. The van der Waals surface area contributed by atoms with Crippen LogP contribution >= 0.6 is 23.8 Å². The molecule has 0 aliphatic heterocycles. The van der Waals surface area contributed by atoms with Gasteiger partial charge in [-0.25, -0.2) is 0 Å². The summed E-state index contributed by atoms with van der Waals surface area (Å²) < 4.78 is 0. The first-order valence-corrected chi connectivity index (χ1v) is 8.30. The second-order valence-electron chi connectivity index (χ2n) is 5.41. The fourth-order valence-electron chi connectivity index (χ4n) is 2.36. The second-order valence-corrected chi connectivity index (χ2v) is 6.25. The lowest BCUT2D eigenvalue weighted by atomic mass is 10.0. The summed E-state index contributed by atoms with van der Waals surface area (Å²) in [5.41, 5.74) is 5.71. The van der Waals surface area contributed by atoms with Gasteiger partial charge in [-0.1, -0.05) is 23.7 Å². The van der Waals surface area contributed by atoms with Gasteiger partial charge in [-0.15, -0.1) is 0 Å². The van der Waals surface area contributed by atoms with E-state index in [0.717, 1.165) is 0 Å². The molecule has 0 aromatic heterocycles. The van der Waals surface area contributed by atoms with E-state index in [1.165, 1.54) is 18.2 Å². The van der Waals surface area contributed by atoms with Gasteiger partial charge in [-0.3, -0.25) is 15.6 Å². The maximum absolute atomic E-state index is 12.3. The molecule has 0 fully saturated rings. The van der Waals surface area contributed by atoms with Gasteiger partial charge in [0.25, 0.3) is 5.91 Å². The third-order valence-electron chi connectivity index (χ3n) is 3.61. The van der Waals surface area contributed by atoms with Crippen molar-refractivity contribution in [3.05, 3.63) is 65.2 Å². The maximum atomic E-state index is 12.3. The van der Waals surface area contributed by atoms with Crippen LogP contribution in [0.3, 0.4) is 0 Å². The molecule has 3 aromatic rings. The van der Waals surface area contributed by atoms with E-state index in [-0.39, 0.29) is 22.2 Å². The van der Waals surface area contributed by atoms with Crippen LogP contribution in [0.5, 0.6) is 11.5 Å². The molecule has 3 rings (SSSR count). The number of nitrogens with one attached hydrogen (secondary N) is 3. The largest absolute Gasteiger partial charge is 0.507 e. The number of hydrogen-bond acceptors (Lipinski definition) is 4. The van der Waals surface area contributed by atoms with Crippen molar-refractivity contribution in [2.45, 2.75) is 0 Å². The number of aromatic hydroxyl groups is 2. The van der Waals surface area contributed by atoms with Gasteiger partial charge >= 0.3 is 0 Å². The molecule has 0 saturated heterocycles. The van der Waals surface area contributed by atoms with Gasteiger partial charge in [0.2, 0.25) is 0 Å². The predicted octanol–water partition coefficient (Wildman–Crippen LogP) is 3.54. The summed E-state index contributed by atoms with van der Waals surface area (Å²) in [6, 6.07) is 14.6. The van der Waals surface area contributed by atoms with Crippen molar-refractivity contribution >= 4 is 51.3 Å². The molecule has 0 bridgehead atoms. The summed E-state index contributed by atoms with van der Waals surface area (Å²) in [6.45, 7) is 0. The minimum Gasteiger partial charge on any atom is -0.507 e. The maximum Gasteiger partial charge on any atom is 0.273 e. The van der Waals surface area contributed by atoms with Gasteiger partial charge in [0.1, 0.15) is 11.5 Å². The number of anilines is 1. The summed E-state index contributed by atoms with van der Waals surface area (Å²) >= 11 is 10.9. The minimum absolute atomic E-state index is 0.0243. The molecule has 3 aromatic carbocycles. The number of rotatable bonds is 2. The van der Waals surface area contributed by atoms with Crippen LogP contribution in [0.2, 0.25) is 5.02 Å². The second kappa shape index (κ2) is 7.47. The number of hydrogen-bond donors (Lipinski definition) is 5. The molecule has 132 valence electrons. The number of fused-ring (bicyclic) bond motifs is 1. The molecular weight excluding hydrogens is 374 g/mol. The number of benzene rings is 3. The summed E-state index contributed by atoms with van der Waals surface area (Å²) in [5.74, 6) is -0.806. The first-order valence-electron chi connectivity index (χ1n) is 7.51. The van der Waals surface area contributed by atoms with Crippen molar-refractivity contribution in [3.8, 4) is 11.5 Å². The highest BCUT2D eigenvalue weighted by Gasteiger charge is 2.14. The highest BCUT2D eigenvalue weighted by atomic mass is 35.5. The SMILES string of the molecule is O=C(NNC(=S)Nc1ccc(Cl)cc1)c1cc2cccc(O)c2cc1O. The normalized spacial score (nSPS) is 10.3. The van der Waals surface area contributed by atoms with Gasteiger partial charge in [0.05, 0.1) is 5.56 Å². The van der Waals surface area contributed by atoms with Crippen LogP contribution in [-0.2, 0) is 0 Å². The van der Waals surface area contributed by atoms with Crippen LogP contribution < -0.4 is 16.2 Å². The molecule has 5 N–H and O–H groups in total. The highest BCUT2D eigenvalue weighted by molar-refractivity contribution is 7.80. The lowest BCUT2D eigenvalue weighted by molar-refractivity contribution is 0.0941. The molecule has 0 aliphatic rings. The number of carbonyl (C=O) groups is 1. The van der Waals surface area contributed by atoms with E-state index in [4.69, 9.17) is 23.8 Å². The third kappa shape index (κ3) is 3.96. The van der Waals surface area contributed by atoms with Gasteiger partial charge in [0, 0.05) is 16.1 Å². The molecule has 1 amide bonds. The van der Waals surface area contributed by atoms with E-state index in [1.807, 2.05) is 0 Å². The lowest BCUT2D eigenvalue weighted by Crippen LogP contribution is -2.43. The van der Waals surface area contributed by atoms with Crippen molar-refractivity contribution in [2.24, 2.45) is 0 Å². The number of thiocarbonyl (C=S) groups is 1. The Balaban J connectivity index is 1.68. The van der Waals surface area contributed by atoms with Crippen molar-refractivity contribution in [1.82, 2.24) is 10.9 Å². The monoisotopic (exact) mass is 387 g/mol. The first-order chi connectivity index (χ1) is 12.4. The van der Waals surface area contributed by atoms with Crippen molar-refractivity contribution < 1.29 is 15.0 Å². The zero-order valence-electron chi connectivity index (χ0n) is 13.3. The summed E-state index contributed by atoms with van der Waals surface area (Å²) in [5, 5.41) is 24.6. The van der Waals surface area contributed by atoms with Gasteiger partial charge < -0.3 is 15.5 Å². The number of hydrazine groups is 1. The third-order valence-corrected chi connectivity index (χ3v) is 4.07. The van der Waals surface area contributed by atoms with Gasteiger partial charge in [-0.05, 0) is 60.1 Å². The highest BCUT2D eigenvalue weighted by Crippen LogP contribution is 2.30. The van der Waals surface area contributed by atoms with E-state index in [1.54, 1.807) is 36.4 Å². The predicted molar refractivity (Wildman–Crippen MR) is 106 cm³/mol. The molecule has 0 saturated carbocycles. The Bertz CT molecular complexity index is 993. The van der Waals surface area contributed by atoms with E-state index in [0.29, 0.717) is 21.5 Å². The molecule has 6 nitrogen and oxygen atoms in total. The van der Waals surface area contributed by atoms with E-state index >= 15 is 0 Å². The molecule has 0 aliphatic carbocycles. The van der Waals surface area contributed by atoms with Crippen molar-refractivity contribution in [3.63, 3.8) is 0 Å². The van der Waals surface area contributed by atoms with E-state index < -0.39 is 5.91 Å². The van der Waals surface area contributed by atoms with Crippen LogP contribution in [-0.4, -0.2) is 21.2 Å². The van der Waals surface area contributed by atoms with Crippen LogP contribution in [0.15, 0.2) is 54.6 Å². The Morgan fingerprint density at radius 1 is 0.962 bits per heavy atom. The summed E-state index contributed by atoms with van der Waals surface area (Å²) in [6.07, 6.45) is 0. The van der Waals surface area contributed by atoms with E-state index in [9.17, 15) is 15.0 Å². The van der Waals surface area contributed by atoms with Gasteiger partial charge in [-0.2, -0.15) is 0 Å². The van der Waals surface area contributed by atoms with Crippen LogP contribution in [0.25, 0.3) is 10.8 Å². The zero-order valence-corrected chi connectivity index (χ0v) is 14.9. The molecule has 8 heteroatoms. The van der Waals surface area contributed by atoms with Gasteiger partial charge in [0.15, 0.2) is 5.11 Å². The topological polar surface area (TPSA) is 93.6 Å². The Kier molecular flexibility index (Phi) is 5.11. The quantitative estimate of drug-likeness (QED) is 0.341. The number of phenolic OH excluding ortho intramolecular Hbond substituents is 2. The van der Waals surface area contributed by atoms with Crippen LogP contribution in [0.1, 0.15) is 10.4 Å². The molecule has 0 spiro atoms. The Morgan fingerprint density at radius 2 is 1.69 bits per heavy atom. The average molecular weight is 388 g/mol. The van der Waals surface area contributed by atoms with Crippen LogP contribution in [0.4, 0.5) is 5.69 Å². The molecule has 0 atom stereocenters. The Morgan fingerprint density at radius 3 is 2.42 bits per heavy atom. The fraction of sp³-hybridized carbons (Fsp3) is 0. The lowest BCUT2D eigenvalue weighted by Gasteiger charge is -2.13. The van der Waals surface area contributed by atoms with Crippen LogP contribution in [0, 0.1) is 0 Å². The van der Waals surface area contributed by atoms with E-state index in [2.05, 4.69) is 16.2 Å². The summed E-state index contributed by atoms with van der Waals surface area (Å²) in [4.78, 5) is 12.3. The Labute approximate surface area is 159 Å². The molecular formula is C18H14ClN3O3S. The standard InChI is InChI=1S/C18H14ClN3O3S/c19-11-4-6-12(7-5-11)20-18(26)22-21-17(25)14-8-10-2-1-3-15(23)13(10)9-16(14)24/h1-9,23-24H,(H,21,25)(H2,20,22,26). The average Bonchev–Trinajstić information content (AvgIpc) is 2.62. The molecule has 0 unspecified atom stereocenters. The number of amides is 1. The first kappa shape index (κ1) is 17.8. The van der Waals surface area contributed by atoms with Crippen molar-refractivity contribution in [2.75, 3.05) is 5.32 Å². The minimum atomic E-state index is -0.576.